The maximum absolute atomic E-state index is 12.1. The summed E-state index contributed by atoms with van der Waals surface area (Å²) in [6.07, 6.45) is 19.5. The van der Waals surface area contributed by atoms with Crippen LogP contribution in [0.15, 0.2) is 41.3 Å². The molecule has 0 aliphatic heterocycles. The lowest BCUT2D eigenvalue weighted by Gasteiger charge is -2.58. The molecule has 2 N–H and O–H groups in total. The fourth-order valence-corrected chi connectivity index (χ4v) is 7.82. The molecule has 6 nitrogen and oxygen atoms in total. The van der Waals surface area contributed by atoms with E-state index in [1.54, 1.807) is 12.4 Å². The van der Waals surface area contributed by atoms with E-state index in [-0.39, 0.29) is 23.3 Å². The third kappa shape index (κ3) is 4.08. The molecule has 4 aliphatic carbocycles. The largest absolute Gasteiger partial charge is 0.385 e. The smallest absolute Gasteiger partial charge is 0.261 e. The van der Waals surface area contributed by atoms with Gasteiger partial charge in [0.25, 0.3) is 5.91 Å². The summed E-state index contributed by atoms with van der Waals surface area (Å²) in [6.45, 7) is 5.04. The monoisotopic (exact) mass is 475 g/mol. The van der Waals surface area contributed by atoms with Crippen LogP contribution in [-0.4, -0.2) is 33.9 Å². The van der Waals surface area contributed by atoms with Gasteiger partial charge >= 0.3 is 0 Å². The van der Waals surface area contributed by atoms with Crippen LogP contribution < -0.4 is 5.32 Å². The van der Waals surface area contributed by atoms with Crippen molar-refractivity contribution in [1.82, 2.24) is 10.3 Å². The number of nitrogens with one attached hydrogen (secondary N) is 1. The third-order valence-corrected chi connectivity index (χ3v) is 9.98. The Balaban J connectivity index is 1.21. The van der Waals surface area contributed by atoms with Crippen LogP contribution in [0, 0.1) is 40.9 Å². The van der Waals surface area contributed by atoms with Crippen molar-refractivity contribution in [2.45, 2.75) is 77.4 Å². The number of aliphatic hydroxyl groups is 1. The van der Waals surface area contributed by atoms with Gasteiger partial charge in [0.05, 0.1) is 5.71 Å². The second-order valence-electron chi connectivity index (χ2n) is 11.5. The number of rotatable bonds is 5. The van der Waals surface area contributed by atoms with Gasteiger partial charge in [-0.3, -0.25) is 9.78 Å². The van der Waals surface area contributed by atoms with Crippen LogP contribution in [0.1, 0.15) is 70.8 Å². The topological polar surface area (TPSA) is 83.8 Å². The summed E-state index contributed by atoms with van der Waals surface area (Å²) in [5, 5.41) is 18.3. The molecule has 0 saturated heterocycles. The first kappa shape index (κ1) is 24.1. The van der Waals surface area contributed by atoms with E-state index in [2.05, 4.69) is 41.3 Å². The Morgan fingerprint density at radius 2 is 1.97 bits per heavy atom. The van der Waals surface area contributed by atoms with Crippen molar-refractivity contribution in [3.63, 3.8) is 0 Å². The fraction of sp³-hybridized carbons (Fsp3) is 0.621. The van der Waals surface area contributed by atoms with Gasteiger partial charge in [0.1, 0.15) is 5.60 Å². The van der Waals surface area contributed by atoms with Gasteiger partial charge < -0.3 is 15.3 Å². The summed E-state index contributed by atoms with van der Waals surface area (Å²) in [5.41, 5.74) is 2.46. The van der Waals surface area contributed by atoms with E-state index in [4.69, 9.17) is 11.3 Å². The van der Waals surface area contributed by atoms with Crippen molar-refractivity contribution < 1.29 is 14.7 Å². The zero-order valence-electron chi connectivity index (χ0n) is 20.9. The predicted octanol–water partition coefficient (Wildman–Crippen LogP) is 4.40. The zero-order chi connectivity index (χ0) is 24.7. The van der Waals surface area contributed by atoms with Crippen molar-refractivity contribution in [2.75, 3.05) is 6.61 Å². The second kappa shape index (κ2) is 9.09. The van der Waals surface area contributed by atoms with E-state index in [0.29, 0.717) is 24.3 Å². The molecule has 3 unspecified atom stereocenters. The number of carbonyl (C=O) groups is 1. The van der Waals surface area contributed by atoms with Crippen LogP contribution in [0.5, 0.6) is 0 Å². The first-order valence-electron chi connectivity index (χ1n) is 13.0. The maximum atomic E-state index is 12.1. The minimum absolute atomic E-state index is 0.0852. The molecular formula is C29H37N3O3. The van der Waals surface area contributed by atoms with Crippen LogP contribution in [0.2, 0.25) is 0 Å². The van der Waals surface area contributed by atoms with Gasteiger partial charge in [0.2, 0.25) is 0 Å². The van der Waals surface area contributed by atoms with Crippen LogP contribution >= 0.6 is 0 Å². The van der Waals surface area contributed by atoms with Gasteiger partial charge in [-0.15, -0.1) is 6.42 Å². The van der Waals surface area contributed by atoms with Crippen LogP contribution in [0.25, 0.3) is 0 Å². The number of hydrogen-bond donors (Lipinski definition) is 2. The molecule has 0 radical (unpaired) electrons. The van der Waals surface area contributed by atoms with Crippen molar-refractivity contribution in [2.24, 2.45) is 33.7 Å². The molecule has 0 aromatic carbocycles. The summed E-state index contributed by atoms with van der Waals surface area (Å²) in [5.74, 6) is 4.34. The lowest BCUT2D eigenvalue weighted by molar-refractivity contribution is -0.125. The van der Waals surface area contributed by atoms with Gasteiger partial charge in [0.15, 0.2) is 6.61 Å². The summed E-state index contributed by atoms with van der Waals surface area (Å²) >= 11 is 0. The van der Waals surface area contributed by atoms with E-state index in [1.165, 1.54) is 5.57 Å². The molecule has 1 aromatic rings. The number of allylic oxidation sites excluding steroid dienone is 2. The quantitative estimate of drug-likeness (QED) is 0.488. The summed E-state index contributed by atoms with van der Waals surface area (Å²) < 4.78 is 0. The molecule has 1 heterocycles. The van der Waals surface area contributed by atoms with E-state index in [0.717, 1.165) is 62.6 Å². The van der Waals surface area contributed by atoms with E-state index < -0.39 is 5.60 Å². The fourth-order valence-electron chi connectivity index (χ4n) is 7.82. The molecule has 3 saturated carbocycles. The Hall–Kier alpha value is -2.65. The van der Waals surface area contributed by atoms with Gasteiger partial charge in [0, 0.05) is 24.4 Å². The Labute approximate surface area is 208 Å². The lowest BCUT2D eigenvalue weighted by atomic mass is 9.46. The molecule has 6 heteroatoms. The number of pyridine rings is 1. The highest BCUT2D eigenvalue weighted by molar-refractivity contribution is 5.96. The van der Waals surface area contributed by atoms with Gasteiger partial charge in [-0.05, 0) is 98.3 Å². The van der Waals surface area contributed by atoms with Crippen LogP contribution in [0.4, 0.5) is 0 Å². The minimum atomic E-state index is -0.950. The molecule has 186 valence electrons. The number of carbonyl (C=O) groups excluding carboxylic acids is 1. The number of fused-ring (bicyclic) bond motifs is 5. The highest BCUT2D eigenvalue weighted by Gasteiger charge is 2.63. The lowest BCUT2D eigenvalue weighted by Crippen LogP contribution is -2.54. The molecule has 4 aliphatic rings. The number of terminal acetylenes is 1. The average Bonchev–Trinajstić information content (AvgIpc) is 3.14. The zero-order valence-corrected chi connectivity index (χ0v) is 20.9. The van der Waals surface area contributed by atoms with E-state index in [1.807, 2.05) is 12.1 Å². The van der Waals surface area contributed by atoms with Gasteiger partial charge in [-0.25, -0.2) is 0 Å². The maximum Gasteiger partial charge on any atom is 0.261 e. The molecule has 6 atom stereocenters. The van der Waals surface area contributed by atoms with Gasteiger partial charge in [-0.2, -0.15) is 0 Å². The Bertz CT molecular complexity index is 1080. The molecule has 3 fully saturated rings. The predicted molar refractivity (Wildman–Crippen MR) is 135 cm³/mol. The number of nitrogens with zero attached hydrogens (tertiary/aromatic N) is 2. The Morgan fingerprint density at radius 3 is 2.74 bits per heavy atom. The number of oxime groups is 1. The standard InChI is InChI=1S/C29H37N3O3/c1-4-29(34)14-9-25-23-6-5-21-17-22(7-12-27(21,2)24(23)8-13-28(25,29)3)32-35-19-26(33)31-18-20-10-15-30-16-11-20/h1,10-11,15-17,23-25,34H,5-9,12-14,18-19H2,2-3H3,(H,31,33)/t23?,24?,25?,27-,28-,29+/m0/s1. The molecule has 1 amide bonds. The Kier molecular flexibility index (Phi) is 6.25. The highest BCUT2D eigenvalue weighted by Crippen LogP contribution is 2.67. The SMILES string of the molecule is C#C[C@@]1(O)CCC2C3CCC4=CC(=NOCC(=O)NCc5ccncc5)CC[C@]4(C)C3CC[C@@]21C. The third-order valence-electron chi connectivity index (χ3n) is 9.98. The average molecular weight is 476 g/mol. The first-order valence-corrected chi connectivity index (χ1v) is 13.0. The molecule has 35 heavy (non-hydrogen) atoms. The van der Waals surface area contributed by atoms with Crippen molar-refractivity contribution in [1.29, 1.82) is 0 Å². The minimum Gasteiger partial charge on any atom is -0.385 e. The van der Waals surface area contributed by atoms with Crippen LogP contribution in [0.3, 0.4) is 0 Å². The first-order chi connectivity index (χ1) is 16.8. The molecular weight excluding hydrogens is 438 g/mol. The Morgan fingerprint density at radius 1 is 1.20 bits per heavy atom. The molecule has 0 bridgehead atoms. The summed E-state index contributed by atoms with van der Waals surface area (Å²) in [4.78, 5) is 21.5. The van der Waals surface area contributed by atoms with E-state index >= 15 is 0 Å². The number of amides is 1. The van der Waals surface area contributed by atoms with Crippen molar-refractivity contribution >= 4 is 11.6 Å². The molecule has 1 aromatic heterocycles. The van der Waals surface area contributed by atoms with Crippen molar-refractivity contribution in [3.8, 4) is 12.3 Å². The number of hydrogen-bond acceptors (Lipinski definition) is 5. The molecule has 0 spiro atoms. The second-order valence-corrected chi connectivity index (χ2v) is 11.5. The molecule has 5 rings (SSSR count). The van der Waals surface area contributed by atoms with Crippen molar-refractivity contribution in [3.05, 3.63) is 41.7 Å². The van der Waals surface area contributed by atoms with Crippen LogP contribution in [-0.2, 0) is 16.2 Å². The highest BCUT2D eigenvalue weighted by atomic mass is 16.6. The summed E-state index contributed by atoms with van der Waals surface area (Å²) in [6, 6.07) is 3.74. The summed E-state index contributed by atoms with van der Waals surface area (Å²) in [7, 11) is 0. The van der Waals surface area contributed by atoms with E-state index in [9.17, 15) is 9.90 Å². The normalized spacial score (nSPS) is 39.0. The number of aromatic nitrogens is 1. The van der Waals surface area contributed by atoms with Gasteiger partial charge in [-0.1, -0.05) is 30.5 Å².